The maximum absolute atomic E-state index is 11.6. The second-order valence-electron chi connectivity index (χ2n) is 4.72. The third kappa shape index (κ3) is 5.69. The van der Waals surface area contributed by atoms with E-state index in [2.05, 4.69) is 11.9 Å². The van der Waals surface area contributed by atoms with E-state index in [0.29, 0.717) is 12.3 Å². The first-order valence-corrected chi connectivity index (χ1v) is 6.72. The van der Waals surface area contributed by atoms with E-state index in [4.69, 9.17) is 9.47 Å². The fourth-order valence-corrected chi connectivity index (χ4v) is 1.70. The van der Waals surface area contributed by atoms with Crippen molar-refractivity contribution in [2.24, 2.45) is 0 Å². The summed E-state index contributed by atoms with van der Waals surface area (Å²) in [4.78, 5) is 23.2. The Labute approximate surface area is 124 Å². The lowest BCUT2D eigenvalue weighted by Crippen LogP contribution is -2.36. The average molecular weight is 291 g/mol. The average Bonchev–Trinajstić information content (AvgIpc) is 2.43. The van der Waals surface area contributed by atoms with Crippen molar-refractivity contribution in [2.45, 2.75) is 26.9 Å². The molecule has 5 nitrogen and oxygen atoms in total. The van der Waals surface area contributed by atoms with Gasteiger partial charge in [0.15, 0.2) is 12.7 Å². The number of hydrogen-bond donors (Lipinski definition) is 1. The predicted molar refractivity (Wildman–Crippen MR) is 80.2 cm³/mol. The zero-order valence-electron chi connectivity index (χ0n) is 12.6. The van der Waals surface area contributed by atoms with Crippen molar-refractivity contribution in [3.05, 3.63) is 42.0 Å². The number of ether oxygens (including phenoxy) is 2. The van der Waals surface area contributed by atoms with Crippen LogP contribution in [0.15, 0.2) is 30.9 Å². The van der Waals surface area contributed by atoms with Crippen LogP contribution in [0, 0.1) is 13.8 Å². The molecule has 0 saturated carbocycles. The molecule has 0 unspecified atom stereocenters. The van der Waals surface area contributed by atoms with Crippen LogP contribution < -0.4 is 10.1 Å². The standard InChI is InChI=1S/C16H21NO4/c1-5-8-17-16(19)13(4)21-15(18)10-20-14-7-6-11(2)9-12(14)3/h5-7,9,13H,1,8,10H2,2-4H3,(H,17,19)/t13-/m1/s1. The molecule has 21 heavy (non-hydrogen) atoms. The Morgan fingerprint density at radius 2 is 2.10 bits per heavy atom. The molecule has 1 aromatic carbocycles. The quantitative estimate of drug-likeness (QED) is 0.616. The maximum Gasteiger partial charge on any atom is 0.344 e. The zero-order valence-corrected chi connectivity index (χ0v) is 12.6. The Morgan fingerprint density at radius 3 is 2.71 bits per heavy atom. The molecule has 1 N–H and O–H groups in total. The SMILES string of the molecule is C=CCNC(=O)[C@@H](C)OC(=O)COc1ccc(C)cc1C. The van der Waals surface area contributed by atoms with Crippen LogP contribution in [0.2, 0.25) is 0 Å². The highest BCUT2D eigenvalue weighted by Crippen LogP contribution is 2.18. The van der Waals surface area contributed by atoms with Crippen LogP contribution in [0.3, 0.4) is 0 Å². The van der Waals surface area contributed by atoms with Gasteiger partial charge in [-0.2, -0.15) is 0 Å². The van der Waals surface area contributed by atoms with Gasteiger partial charge in [-0.15, -0.1) is 6.58 Å². The predicted octanol–water partition coefficient (Wildman–Crippen LogP) is 1.92. The summed E-state index contributed by atoms with van der Waals surface area (Å²) in [5.74, 6) is -0.327. The minimum Gasteiger partial charge on any atom is -0.482 e. The van der Waals surface area contributed by atoms with Gasteiger partial charge in [-0.25, -0.2) is 4.79 Å². The number of aryl methyl sites for hydroxylation is 2. The van der Waals surface area contributed by atoms with E-state index in [1.54, 1.807) is 12.1 Å². The van der Waals surface area contributed by atoms with Gasteiger partial charge in [-0.1, -0.05) is 23.8 Å². The molecule has 0 spiro atoms. The minimum absolute atomic E-state index is 0.233. The molecular formula is C16H21NO4. The smallest absolute Gasteiger partial charge is 0.344 e. The first-order valence-electron chi connectivity index (χ1n) is 6.72. The van der Waals surface area contributed by atoms with Crippen LogP contribution in [0.25, 0.3) is 0 Å². The fourth-order valence-electron chi connectivity index (χ4n) is 1.70. The van der Waals surface area contributed by atoms with Crippen LogP contribution in [-0.2, 0) is 14.3 Å². The van der Waals surface area contributed by atoms with Gasteiger partial charge in [-0.05, 0) is 32.4 Å². The molecule has 0 radical (unpaired) electrons. The van der Waals surface area contributed by atoms with Crippen LogP contribution in [0.5, 0.6) is 5.75 Å². The van der Waals surface area contributed by atoms with Gasteiger partial charge >= 0.3 is 5.97 Å². The Hall–Kier alpha value is -2.30. The van der Waals surface area contributed by atoms with E-state index in [-0.39, 0.29) is 12.5 Å². The molecule has 1 aromatic rings. The summed E-state index contributed by atoms with van der Waals surface area (Å²) in [5, 5.41) is 2.55. The second-order valence-corrected chi connectivity index (χ2v) is 4.72. The zero-order chi connectivity index (χ0) is 15.8. The lowest BCUT2D eigenvalue weighted by atomic mass is 10.1. The summed E-state index contributed by atoms with van der Waals surface area (Å²) in [6, 6.07) is 5.67. The molecule has 0 fully saturated rings. The van der Waals surface area contributed by atoms with Crippen LogP contribution in [0.4, 0.5) is 0 Å². The van der Waals surface area contributed by atoms with Crippen molar-refractivity contribution in [3.8, 4) is 5.75 Å². The second kappa shape index (κ2) is 8.09. The maximum atomic E-state index is 11.6. The number of esters is 1. The Bertz CT molecular complexity index is 525. The van der Waals surface area contributed by atoms with Crippen LogP contribution in [0.1, 0.15) is 18.1 Å². The molecule has 0 bridgehead atoms. The van der Waals surface area contributed by atoms with Crippen LogP contribution >= 0.6 is 0 Å². The van der Waals surface area contributed by atoms with Crippen molar-refractivity contribution < 1.29 is 19.1 Å². The van der Waals surface area contributed by atoms with Crippen molar-refractivity contribution in [2.75, 3.05) is 13.2 Å². The van der Waals surface area contributed by atoms with Gasteiger partial charge in [0, 0.05) is 6.54 Å². The minimum atomic E-state index is -0.861. The highest BCUT2D eigenvalue weighted by molar-refractivity contribution is 5.83. The normalized spacial score (nSPS) is 11.4. The largest absolute Gasteiger partial charge is 0.482 e. The molecular weight excluding hydrogens is 270 g/mol. The Morgan fingerprint density at radius 1 is 1.38 bits per heavy atom. The van der Waals surface area contributed by atoms with E-state index in [1.165, 1.54) is 6.92 Å². The van der Waals surface area contributed by atoms with Gasteiger partial charge < -0.3 is 14.8 Å². The lowest BCUT2D eigenvalue weighted by Gasteiger charge is -2.14. The number of nitrogens with one attached hydrogen (secondary N) is 1. The topological polar surface area (TPSA) is 64.6 Å². The molecule has 0 aliphatic heterocycles. The summed E-state index contributed by atoms with van der Waals surface area (Å²) in [7, 11) is 0. The summed E-state index contributed by atoms with van der Waals surface area (Å²) >= 11 is 0. The highest BCUT2D eigenvalue weighted by Gasteiger charge is 2.17. The van der Waals surface area contributed by atoms with Gasteiger partial charge in [0.25, 0.3) is 5.91 Å². The van der Waals surface area contributed by atoms with Gasteiger partial charge in [0.2, 0.25) is 0 Å². The number of benzene rings is 1. The summed E-state index contributed by atoms with van der Waals surface area (Å²) < 4.78 is 10.4. The molecule has 0 aliphatic rings. The van der Waals surface area contributed by atoms with Crippen LogP contribution in [-0.4, -0.2) is 31.1 Å². The molecule has 0 aliphatic carbocycles. The molecule has 0 saturated heterocycles. The Balaban J connectivity index is 2.43. The van der Waals surface area contributed by atoms with Crippen molar-refractivity contribution in [1.82, 2.24) is 5.32 Å². The first kappa shape index (κ1) is 16.8. The van der Waals surface area contributed by atoms with Gasteiger partial charge in [0.05, 0.1) is 0 Å². The third-order valence-electron chi connectivity index (χ3n) is 2.77. The third-order valence-corrected chi connectivity index (χ3v) is 2.77. The summed E-state index contributed by atoms with van der Waals surface area (Å²) in [5.41, 5.74) is 2.06. The monoisotopic (exact) mass is 291 g/mol. The number of hydrogen-bond acceptors (Lipinski definition) is 4. The van der Waals surface area contributed by atoms with E-state index >= 15 is 0 Å². The molecule has 0 aromatic heterocycles. The Kier molecular flexibility index (Phi) is 6.46. The molecule has 1 rings (SSSR count). The molecule has 114 valence electrons. The summed E-state index contributed by atoms with van der Waals surface area (Å²) in [6.07, 6.45) is 0.690. The first-order chi connectivity index (χ1) is 9.93. The fraction of sp³-hybridized carbons (Fsp3) is 0.375. The van der Waals surface area contributed by atoms with Crippen molar-refractivity contribution >= 4 is 11.9 Å². The highest BCUT2D eigenvalue weighted by atomic mass is 16.6. The molecule has 1 amide bonds. The molecule has 1 atom stereocenters. The number of rotatable bonds is 7. The van der Waals surface area contributed by atoms with Crippen molar-refractivity contribution in [1.29, 1.82) is 0 Å². The van der Waals surface area contributed by atoms with E-state index in [9.17, 15) is 9.59 Å². The van der Waals surface area contributed by atoms with E-state index in [1.807, 2.05) is 26.0 Å². The number of amides is 1. The molecule has 5 heteroatoms. The van der Waals surface area contributed by atoms with Gasteiger partial charge in [-0.3, -0.25) is 4.79 Å². The van der Waals surface area contributed by atoms with Crippen molar-refractivity contribution in [3.63, 3.8) is 0 Å². The number of carbonyl (C=O) groups excluding carboxylic acids is 2. The summed E-state index contributed by atoms with van der Waals surface area (Å²) in [6.45, 7) is 8.98. The molecule has 0 heterocycles. The van der Waals surface area contributed by atoms with E-state index < -0.39 is 12.1 Å². The van der Waals surface area contributed by atoms with E-state index in [0.717, 1.165) is 11.1 Å². The lowest BCUT2D eigenvalue weighted by molar-refractivity contribution is -0.156. The number of carbonyl (C=O) groups is 2. The van der Waals surface area contributed by atoms with Gasteiger partial charge in [0.1, 0.15) is 5.75 Å².